The second-order valence-corrected chi connectivity index (χ2v) is 6.39. The molecule has 1 heterocycles. The molecule has 0 N–H and O–H groups in total. The molecule has 0 spiro atoms. The third kappa shape index (κ3) is 3.32. The zero-order valence-electron chi connectivity index (χ0n) is 12.0. The van der Waals surface area contributed by atoms with Gasteiger partial charge < -0.3 is 0 Å². The highest BCUT2D eigenvalue weighted by atomic mass is 14.8. The van der Waals surface area contributed by atoms with Crippen molar-refractivity contribution >= 4 is 5.71 Å². The normalized spacial score (nSPS) is 16.1. The predicted molar refractivity (Wildman–Crippen MR) is 79.0 cm³/mol. The summed E-state index contributed by atoms with van der Waals surface area (Å²) in [4.78, 5) is 4.84. The topological polar surface area (TPSA) is 12.4 Å². The molecule has 1 heteroatoms. The molecule has 0 atom stereocenters. The number of allylic oxidation sites excluding steroid dienone is 2. The third-order valence-electron chi connectivity index (χ3n) is 3.41. The lowest BCUT2D eigenvalue weighted by molar-refractivity contribution is 0.377. The molecule has 0 bridgehead atoms. The summed E-state index contributed by atoms with van der Waals surface area (Å²) in [5.74, 6) is 0. The van der Waals surface area contributed by atoms with E-state index in [1.165, 1.54) is 29.0 Å². The summed E-state index contributed by atoms with van der Waals surface area (Å²) in [6.45, 7) is 9.09. The third-order valence-corrected chi connectivity index (χ3v) is 3.41. The molecule has 0 aromatic heterocycles. The monoisotopic (exact) mass is 241 g/mol. The summed E-state index contributed by atoms with van der Waals surface area (Å²) in [6.07, 6.45) is 3.32. The van der Waals surface area contributed by atoms with E-state index in [1.807, 2.05) is 0 Å². The molecule has 0 fully saturated rings. The van der Waals surface area contributed by atoms with E-state index < -0.39 is 0 Å². The van der Waals surface area contributed by atoms with E-state index in [-0.39, 0.29) is 0 Å². The maximum Gasteiger partial charge on any atom is 0.0520 e. The van der Waals surface area contributed by atoms with Gasteiger partial charge in [0.1, 0.15) is 0 Å². The quantitative estimate of drug-likeness (QED) is 0.707. The van der Waals surface area contributed by atoms with E-state index in [1.54, 1.807) is 0 Å². The minimum Gasteiger partial charge on any atom is -0.257 e. The highest BCUT2D eigenvalue weighted by molar-refractivity contribution is 6.04. The van der Waals surface area contributed by atoms with Gasteiger partial charge in [-0.1, -0.05) is 51.1 Å². The molecule has 1 aliphatic rings. The van der Waals surface area contributed by atoms with Crippen LogP contribution < -0.4 is 0 Å². The van der Waals surface area contributed by atoms with Crippen LogP contribution in [0.4, 0.5) is 0 Å². The van der Waals surface area contributed by atoms with Crippen molar-refractivity contribution in [3.05, 3.63) is 47.2 Å². The van der Waals surface area contributed by atoms with Crippen molar-refractivity contribution in [2.24, 2.45) is 10.4 Å². The predicted octanol–water partition coefficient (Wildman–Crippen LogP) is 4.98. The maximum absolute atomic E-state index is 4.84. The lowest BCUT2D eigenvalue weighted by atomic mass is 9.89. The molecule has 0 saturated heterocycles. The van der Waals surface area contributed by atoms with E-state index in [2.05, 4.69) is 58.0 Å². The van der Waals surface area contributed by atoms with Crippen LogP contribution in [0.3, 0.4) is 0 Å². The van der Waals surface area contributed by atoms with Crippen LogP contribution in [0, 0.1) is 5.41 Å². The van der Waals surface area contributed by atoms with E-state index in [0.717, 1.165) is 12.8 Å². The summed E-state index contributed by atoms with van der Waals surface area (Å²) in [5, 5.41) is 0. The van der Waals surface area contributed by atoms with Crippen molar-refractivity contribution in [1.82, 2.24) is 0 Å². The van der Waals surface area contributed by atoms with Crippen LogP contribution >= 0.6 is 0 Å². The van der Waals surface area contributed by atoms with E-state index in [4.69, 9.17) is 4.99 Å². The van der Waals surface area contributed by atoms with Crippen molar-refractivity contribution in [2.75, 3.05) is 0 Å². The molecule has 2 rings (SSSR count). The molecule has 1 aliphatic heterocycles. The zero-order chi connectivity index (χ0) is 13.2. The Balaban J connectivity index is 2.08. The van der Waals surface area contributed by atoms with Gasteiger partial charge in [0.25, 0.3) is 0 Å². The highest BCUT2D eigenvalue weighted by Gasteiger charge is 2.18. The number of aliphatic imine (C=N–C) groups is 1. The first kappa shape index (κ1) is 13.1. The molecule has 0 saturated carbocycles. The first-order valence-corrected chi connectivity index (χ1v) is 6.77. The Hall–Kier alpha value is -1.37. The average molecular weight is 241 g/mol. The number of nitrogens with zero attached hydrogens (tertiary/aromatic N) is 1. The minimum absolute atomic E-state index is 0.387. The van der Waals surface area contributed by atoms with Gasteiger partial charge in [-0.25, -0.2) is 0 Å². The van der Waals surface area contributed by atoms with Crippen molar-refractivity contribution in [1.29, 1.82) is 0 Å². The van der Waals surface area contributed by atoms with Gasteiger partial charge in [0.05, 0.1) is 5.71 Å². The second-order valence-electron chi connectivity index (χ2n) is 6.39. The Morgan fingerprint density at radius 2 is 1.78 bits per heavy atom. The Bertz CT molecular complexity index is 472. The van der Waals surface area contributed by atoms with Crippen LogP contribution in [0.2, 0.25) is 0 Å². The van der Waals surface area contributed by atoms with Crippen molar-refractivity contribution in [3.63, 3.8) is 0 Å². The molecular formula is C17H23N. The van der Waals surface area contributed by atoms with Gasteiger partial charge in [0.15, 0.2) is 0 Å². The smallest absolute Gasteiger partial charge is 0.0520 e. The summed E-state index contributed by atoms with van der Waals surface area (Å²) in [7, 11) is 0. The van der Waals surface area contributed by atoms with E-state index >= 15 is 0 Å². The van der Waals surface area contributed by atoms with Crippen molar-refractivity contribution in [3.8, 4) is 0 Å². The number of hydrogen-bond acceptors (Lipinski definition) is 1. The fraction of sp³-hybridized carbons (Fsp3) is 0.471. The second kappa shape index (κ2) is 5.09. The molecule has 0 radical (unpaired) electrons. The van der Waals surface area contributed by atoms with Gasteiger partial charge in [-0.2, -0.15) is 0 Å². The van der Waals surface area contributed by atoms with Gasteiger partial charge in [-0.3, -0.25) is 4.99 Å². The number of rotatable bonds is 3. The molecule has 0 amide bonds. The lowest BCUT2D eigenvalue weighted by Gasteiger charge is -2.17. The maximum atomic E-state index is 4.84. The molecular weight excluding hydrogens is 218 g/mol. The van der Waals surface area contributed by atoms with Gasteiger partial charge in [-0.05, 0) is 36.3 Å². The summed E-state index contributed by atoms with van der Waals surface area (Å²) < 4.78 is 0. The zero-order valence-corrected chi connectivity index (χ0v) is 12.0. The van der Waals surface area contributed by atoms with Crippen molar-refractivity contribution < 1.29 is 0 Å². The van der Waals surface area contributed by atoms with Gasteiger partial charge in [0.2, 0.25) is 0 Å². The van der Waals surface area contributed by atoms with E-state index in [0.29, 0.717) is 5.41 Å². The van der Waals surface area contributed by atoms with Crippen LogP contribution in [-0.4, -0.2) is 5.71 Å². The summed E-state index contributed by atoms with van der Waals surface area (Å²) in [5.41, 5.74) is 5.64. The standard InChI is InChI=1S/C17H23N/c1-13-12-16(14-8-6-5-7-9-14)18-15(13)10-11-17(2,3)4/h5-9H,10-12H2,1-4H3. The van der Waals surface area contributed by atoms with E-state index in [9.17, 15) is 0 Å². The van der Waals surface area contributed by atoms with Crippen LogP contribution in [0.25, 0.3) is 0 Å². The molecule has 96 valence electrons. The Morgan fingerprint density at radius 3 is 2.39 bits per heavy atom. The van der Waals surface area contributed by atoms with Crippen LogP contribution in [0.5, 0.6) is 0 Å². The molecule has 1 nitrogen and oxygen atoms in total. The molecule has 18 heavy (non-hydrogen) atoms. The van der Waals surface area contributed by atoms with Crippen LogP contribution in [-0.2, 0) is 0 Å². The first-order chi connectivity index (χ1) is 8.46. The van der Waals surface area contributed by atoms with Gasteiger partial charge in [-0.15, -0.1) is 0 Å². The van der Waals surface area contributed by atoms with Gasteiger partial charge >= 0.3 is 0 Å². The highest BCUT2D eigenvalue weighted by Crippen LogP contribution is 2.30. The summed E-state index contributed by atoms with van der Waals surface area (Å²) >= 11 is 0. The fourth-order valence-corrected chi connectivity index (χ4v) is 2.21. The molecule has 0 aliphatic carbocycles. The number of benzene rings is 1. The molecule has 0 unspecified atom stereocenters. The molecule has 1 aromatic carbocycles. The lowest BCUT2D eigenvalue weighted by Crippen LogP contribution is -2.04. The fourth-order valence-electron chi connectivity index (χ4n) is 2.21. The molecule has 1 aromatic rings. The average Bonchev–Trinajstić information content (AvgIpc) is 2.68. The Kier molecular flexibility index (Phi) is 3.70. The minimum atomic E-state index is 0.387. The van der Waals surface area contributed by atoms with Crippen LogP contribution in [0.1, 0.15) is 52.5 Å². The van der Waals surface area contributed by atoms with Crippen molar-refractivity contribution in [2.45, 2.75) is 47.0 Å². The SMILES string of the molecule is CC1=C(CCC(C)(C)C)N=C(c2ccccc2)C1. The van der Waals surface area contributed by atoms with Crippen LogP contribution in [0.15, 0.2) is 46.6 Å². The van der Waals surface area contributed by atoms with Gasteiger partial charge in [0, 0.05) is 12.1 Å². The first-order valence-electron chi connectivity index (χ1n) is 6.77. The Labute approximate surface area is 111 Å². The largest absolute Gasteiger partial charge is 0.257 e. The summed E-state index contributed by atoms with van der Waals surface area (Å²) in [6, 6.07) is 10.5. The Morgan fingerprint density at radius 1 is 1.11 bits per heavy atom. The number of hydrogen-bond donors (Lipinski definition) is 0.